The molecule has 0 radical (unpaired) electrons. The third kappa shape index (κ3) is 11.9. The van der Waals surface area contributed by atoms with E-state index in [2.05, 4.69) is 16.0 Å². The van der Waals surface area contributed by atoms with E-state index in [-0.39, 0.29) is 0 Å². The number of aliphatic carboxylic acids is 1. The fraction of sp³-hybridized carbons (Fsp3) is 0.778. The largest absolute Gasteiger partial charge is 0.480 e. The lowest BCUT2D eigenvalue weighted by Crippen LogP contribution is -2.57. The lowest BCUT2D eigenvalue weighted by molar-refractivity contribution is -0.141. The van der Waals surface area contributed by atoms with Gasteiger partial charge in [0.05, 0.1) is 6.04 Å². The molecule has 174 valence electrons. The number of thioether (sulfide) groups is 3. The van der Waals surface area contributed by atoms with Crippen molar-refractivity contribution in [3.63, 3.8) is 0 Å². The second-order valence-corrected chi connectivity index (χ2v) is 9.60. The molecule has 0 saturated carbocycles. The van der Waals surface area contributed by atoms with Gasteiger partial charge >= 0.3 is 5.97 Å². The maximum Gasteiger partial charge on any atom is 0.325 e. The summed E-state index contributed by atoms with van der Waals surface area (Å²) in [6.07, 6.45) is 6.90. The van der Waals surface area contributed by atoms with Crippen molar-refractivity contribution in [2.24, 2.45) is 5.73 Å². The number of carbonyl (C=O) groups is 4. The molecule has 0 spiro atoms. The van der Waals surface area contributed by atoms with E-state index in [1.54, 1.807) is 11.8 Å². The summed E-state index contributed by atoms with van der Waals surface area (Å²) in [6.45, 7) is 1.35. The molecule has 0 bridgehead atoms. The van der Waals surface area contributed by atoms with Crippen LogP contribution in [-0.4, -0.2) is 89.0 Å². The van der Waals surface area contributed by atoms with Gasteiger partial charge in [-0.25, -0.2) is 0 Å². The summed E-state index contributed by atoms with van der Waals surface area (Å²) in [5, 5.41) is 16.7. The molecule has 6 N–H and O–H groups in total. The number of nitrogens with one attached hydrogen (secondary N) is 3. The van der Waals surface area contributed by atoms with Crippen molar-refractivity contribution in [1.29, 1.82) is 0 Å². The maximum atomic E-state index is 12.8. The minimum absolute atomic E-state index is 0.335. The predicted octanol–water partition coefficient (Wildman–Crippen LogP) is 0.132. The number of rotatable bonds is 16. The molecule has 30 heavy (non-hydrogen) atoms. The summed E-state index contributed by atoms with van der Waals surface area (Å²) in [7, 11) is 0. The predicted molar refractivity (Wildman–Crippen MR) is 126 cm³/mol. The number of nitrogens with two attached hydrogens (primary N) is 1. The van der Waals surface area contributed by atoms with Crippen LogP contribution in [0.25, 0.3) is 0 Å². The Morgan fingerprint density at radius 2 is 1.17 bits per heavy atom. The van der Waals surface area contributed by atoms with Crippen LogP contribution >= 0.6 is 35.3 Å². The zero-order chi connectivity index (χ0) is 23.1. The van der Waals surface area contributed by atoms with Gasteiger partial charge in [-0.15, -0.1) is 0 Å². The minimum Gasteiger partial charge on any atom is -0.480 e. The molecule has 0 aliphatic rings. The average molecular weight is 483 g/mol. The molecule has 4 atom stereocenters. The molecular weight excluding hydrogens is 448 g/mol. The monoisotopic (exact) mass is 482 g/mol. The summed E-state index contributed by atoms with van der Waals surface area (Å²) >= 11 is 4.62. The normalized spacial score (nSPS) is 14.8. The molecule has 9 nitrogen and oxygen atoms in total. The summed E-state index contributed by atoms with van der Waals surface area (Å²) in [5.74, 6) is -0.665. The lowest BCUT2D eigenvalue weighted by atomic mass is 10.1. The van der Waals surface area contributed by atoms with E-state index < -0.39 is 47.9 Å². The van der Waals surface area contributed by atoms with Crippen molar-refractivity contribution in [3.8, 4) is 0 Å². The Bertz CT molecular complexity index is 568. The second-order valence-electron chi connectivity index (χ2n) is 6.64. The van der Waals surface area contributed by atoms with Crippen LogP contribution in [0.5, 0.6) is 0 Å². The van der Waals surface area contributed by atoms with Crippen molar-refractivity contribution in [3.05, 3.63) is 0 Å². The molecule has 0 aromatic rings. The third-order valence-corrected chi connectivity index (χ3v) is 6.12. The van der Waals surface area contributed by atoms with E-state index in [1.807, 2.05) is 18.8 Å². The highest BCUT2D eigenvalue weighted by Crippen LogP contribution is 2.06. The molecule has 12 heteroatoms. The van der Waals surface area contributed by atoms with Crippen molar-refractivity contribution in [2.75, 3.05) is 36.0 Å². The molecule has 0 aliphatic heterocycles. The SMILES string of the molecule is CSCCC(N)C(=O)NC(CCSC)C(=O)NC(CCSC)C(=O)NC(C)C(=O)O. The van der Waals surface area contributed by atoms with Gasteiger partial charge in [0.15, 0.2) is 0 Å². The van der Waals surface area contributed by atoms with Crippen LogP contribution in [-0.2, 0) is 19.2 Å². The first kappa shape index (κ1) is 28.9. The fourth-order valence-corrected chi connectivity index (χ4v) is 3.74. The van der Waals surface area contributed by atoms with Gasteiger partial charge in [0, 0.05) is 0 Å². The summed E-state index contributed by atoms with van der Waals surface area (Å²) in [4.78, 5) is 48.7. The van der Waals surface area contributed by atoms with Crippen LogP contribution in [0.1, 0.15) is 26.2 Å². The van der Waals surface area contributed by atoms with Gasteiger partial charge in [0.1, 0.15) is 18.1 Å². The quantitative estimate of drug-likeness (QED) is 0.207. The van der Waals surface area contributed by atoms with Gasteiger partial charge < -0.3 is 26.8 Å². The van der Waals surface area contributed by atoms with E-state index >= 15 is 0 Å². The van der Waals surface area contributed by atoms with Gasteiger partial charge in [0.2, 0.25) is 17.7 Å². The second kappa shape index (κ2) is 16.6. The van der Waals surface area contributed by atoms with Crippen LogP contribution in [0.3, 0.4) is 0 Å². The Morgan fingerprint density at radius 3 is 1.60 bits per heavy atom. The smallest absolute Gasteiger partial charge is 0.325 e. The topological polar surface area (TPSA) is 151 Å². The standard InChI is InChI=1S/C18H34N4O5S3/c1-11(18(26)27)20-16(24)13(6-9-29-3)22-17(25)14(7-10-30-4)21-15(23)12(19)5-8-28-2/h11-14H,5-10,19H2,1-4H3,(H,20,24)(H,21,23)(H,22,25)(H,26,27). The van der Waals surface area contributed by atoms with Gasteiger partial charge in [-0.3, -0.25) is 19.2 Å². The van der Waals surface area contributed by atoms with E-state index in [0.717, 1.165) is 5.75 Å². The van der Waals surface area contributed by atoms with Crippen LogP contribution in [0.15, 0.2) is 0 Å². The maximum absolute atomic E-state index is 12.8. The van der Waals surface area contributed by atoms with E-state index in [1.165, 1.54) is 30.4 Å². The summed E-state index contributed by atoms with van der Waals surface area (Å²) < 4.78 is 0. The Labute approximate surface area is 191 Å². The number of amides is 3. The molecule has 0 heterocycles. The first-order valence-corrected chi connectivity index (χ1v) is 13.7. The van der Waals surface area contributed by atoms with Gasteiger partial charge in [0.25, 0.3) is 0 Å². The summed E-state index contributed by atoms with van der Waals surface area (Å²) in [6, 6.07) is -3.51. The van der Waals surface area contributed by atoms with Gasteiger partial charge in [-0.2, -0.15) is 35.3 Å². The molecule has 4 unspecified atom stereocenters. The van der Waals surface area contributed by atoms with Gasteiger partial charge in [-0.05, 0) is 62.2 Å². The van der Waals surface area contributed by atoms with E-state index in [9.17, 15) is 19.2 Å². The number of carbonyl (C=O) groups excluding carboxylic acids is 3. The number of carboxylic acid groups (broad SMARTS) is 1. The fourth-order valence-electron chi connectivity index (χ4n) is 2.31. The zero-order valence-electron chi connectivity index (χ0n) is 17.9. The van der Waals surface area contributed by atoms with E-state index in [4.69, 9.17) is 10.8 Å². The molecule has 0 saturated heterocycles. The van der Waals surface area contributed by atoms with Gasteiger partial charge in [-0.1, -0.05) is 0 Å². The number of hydrogen-bond acceptors (Lipinski definition) is 8. The Balaban J connectivity index is 5.18. The van der Waals surface area contributed by atoms with Crippen molar-refractivity contribution in [2.45, 2.75) is 50.4 Å². The highest BCUT2D eigenvalue weighted by Gasteiger charge is 2.28. The highest BCUT2D eigenvalue weighted by atomic mass is 32.2. The van der Waals surface area contributed by atoms with Crippen LogP contribution in [0.4, 0.5) is 0 Å². The molecule has 0 fully saturated rings. The lowest BCUT2D eigenvalue weighted by Gasteiger charge is -2.24. The Morgan fingerprint density at radius 1 is 0.767 bits per heavy atom. The van der Waals surface area contributed by atoms with Crippen LogP contribution < -0.4 is 21.7 Å². The molecule has 3 amide bonds. The molecular formula is C18H34N4O5S3. The summed E-state index contributed by atoms with van der Waals surface area (Å²) in [5.41, 5.74) is 5.89. The average Bonchev–Trinajstić information content (AvgIpc) is 2.71. The van der Waals surface area contributed by atoms with Crippen molar-refractivity contribution in [1.82, 2.24) is 16.0 Å². The van der Waals surface area contributed by atoms with Crippen molar-refractivity contribution >= 4 is 59.0 Å². The molecule has 0 aromatic carbocycles. The van der Waals surface area contributed by atoms with E-state index in [0.29, 0.717) is 30.8 Å². The molecule has 0 rings (SSSR count). The van der Waals surface area contributed by atoms with Crippen molar-refractivity contribution < 1.29 is 24.3 Å². The number of carboxylic acids is 1. The minimum atomic E-state index is -1.16. The first-order chi connectivity index (χ1) is 14.2. The zero-order valence-corrected chi connectivity index (χ0v) is 20.4. The molecule has 0 aliphatic carbocycles. The Hall–Kier alpha value is -1.11. The third-order valence-electron chi connectivity index (χ3n) is 4.19. The highest BCUT2D eigenvalue weighted by molar-refractivity contribution is 7.98. The van der Waals surface area contributed by atoms with Crippen LogP contribution in [0, 0.1) is 0 Å². The Kier molecular flexibility index (Phi) is 16.0. The first-order valence-electron chi connectivity index (χ1n) is 9.54. The van der Waals surface area contributed by atoms with Crippen LogP contribution in [0.2, 0.25) is 0 Å². The number of hydrogen-bond donors (Lipinski definition) is 5. The molecule has 0 aromatic heterocycles.